The molecular weight excluding hydrogens is 222 g/mol. The van der Waals surface area contributed by atoms with Gasteiger partial charge >= 0.3 is 0 Å². The van der Waals surface area contributed by atoms with Crippen molar-refractivity contribution in [2.75, 3.05) is 37.8 Å². The molecule has 3 nitrogen and oxygen atoms in total. The molecule has 4 heteroatoms. The third kappa shape index (κ3) is 7.49. The molecular formula is C12H25NO2S. The minimum absolute atomic E-state index is 0.536. The quantitative estimate of drug-likeness (QED) is 0.669. The number of rotatable bonds is 7. The summed E-state index contributed by atoms with van der Waals surface area (Å²) in [5.74, 6) is 2.69. The lowest BCUT2D eigenvalue weighted by Gasteiger charge is -2.22. The van der Waals surface area contributed by atoms with Crippen molar-refractivity contribution in [1.82, 2.24) is 5.32 Å². The molecule has 0 aliphatic carbocycles. The minimum Gasteiger partial charge on any atom is -0.390 e. The third-order valence-electron chi connectivity index (χ3n) is 2.65. The van der Waals surface area contributed by atoms with Gasteiger partial charge in [0.25, 0.3) is 0 Å². The van der Waals surface area contributed by atoms with Crippen LogP contribution in [0, 0.1) is 5.92 Å². The SMILES string of the molecule is CC(C)(O)CSCCNCC1CCOCC1. The summed E-state index contributed by atoms with van der Waals surface area (Å²) >= 11 is 1.81. The van der Waals surface area contributed by atoms with Crippen LogP contribution >= 0.6 is 11.8 Å². The molecule has 0 aromatic heterocycles. The Labute approximate surface area is 103 Å². The van der Waals surface area contributed by atoms with Gasteiger partial charge in [-0.2, -0.15) is 11.8 Å². The van der Waals surface area contributed by atoms with E-state index in [1.807, 2.05) is 25.6 Å². The van der Waals surface area contributed by atoms with Gasteiger partial charge in [-0.1, -0.05) is 0 Å². The van der Waals surface area contributed by atoms with Crippen molar-refractivity contribution in [1.29, 1.82) is 0 Å². The van der Waals surface area contributed by atoms with Crippen molar-refractivity contribution in [3.05, 3.63) is 0 Å². The van der Waals surface area contributed by atoms with Crippen molar-refractivity contribution in [3.63, 3.8) is 0 Å². The topological polar surface area (TPSA) is 41.5 Å². The highest BCUT2D eigenvalue weighted by Crippen LogP contribution is 2.13. The van der Waals surface area contributed by atoms with E-state index in [-0.39, 0.29) is 0 Å². The highest BCUT2D eigenvalue weighted by molar-refractivity contribution is 7.99. The Morgan fingerprint density at radius 1 is 1.38 bits per heavy atom. The molecule has 0 amide bonds. The fraction of sp³-hybridized carbons (Fsp3) is 1.00. The Bertz CT molecular complexity index is 176. The van der Waals surface area contributed by atoms with Gasteiger partial charge < -0.3 is 15.2 Å². The summed E-state index contributed by atoms with van der Waals surface area (Å²) in [5, 5.41) is 13.0. The van der Waals surface area contributed by atoms with Crippen LogP contribution in [-0.2, 0) is 4.74 Å². The second-order valence-corrected chi connectivity index (χ2v) is 6.23. The van der Waals surface area contributed by atoms with Crippen molar-refractivity contribution >= 4 is 11.8 Å². The Morgan fingerprint density at radius 2 is 2.06 bits per heavy atom. The molecule has 0 aromatic carbocycles. The van der Waals surface area contributed by atoms with Crippen LogP contribution < -0.4 is 5.32 Å². The van der Waals surface area contributed by atoms with Gasteiger partial charge in [-0.15, -0.1) is 0 Å². The van der Waals surface area contributed by atoms with Crippen LogP contribution in [0.5, 0.6) is 0 Å². The van der Waals surface area contributed by atoms with E-state index in [9.17, 15) is 5.11 Å². The second kappa shape index (κ2) is 7.54. The summed E-state index contributed by atoms with van der Waals surface area (Å²) in [7, 11) is 0. The van der Waals surface area contributed by atoms with Gasteiger partial charge in [0.2, 0.25) is 0 Å². The molecule has 0 radical (unpaired) electrons. The first-order valence-corrected chi connectivity index (χ1v) is 7.32. The number of ether oxygens (including phenoxy) is 1. The fourth-order valence-electron chi connectivity index (χ4n) is 1.72. The lowest BCUT2D eigenvalue weighted by atomic mass is 10.0. The predicted octanol–water partition coefficient (Wildman–Crippen LogP) is 1.51. The molecule has 1 aliphatic heterocycles. The van der Waals surface area contributed by atoms with Crippen LogP contribution in [-0.4, -0.2) is 48.5 Å². The van der Waals surface area contributed by atoms with Crippen LogP contribution in [0.1, 0.15) is 26.7 Å². The molecule has 0 aromatic rings. The fourth-order valence-corrected chi connectivity index (χ4v) is 2.66. The maximum Gasteiger partial charge on any atom is 0.0681 e. The zero-order valence-electron chi connectivity index (χ0n) is 10.5. The summed E-state index contributed by atoms with van der Waals surface area (Å²) < 4.78 is 5.32. The van der Waals surface area contributed by atoms with Crippen molar-refractivity contribution in [2.24, 2.45) is 5.92 Å². The summed E-state index contributed by atoms with van der Waals surface area (Å²) in [6.07, 6.45) is 2.40. The van der Waals surface area contributed by atoms with Crippen molar-refractivity contribution < 1.29 is 9.84 Å². The van der Waals surface area contributed by atoms with Gasteiger partial charge in [-0.05, 0) is 39.2 Å². The van der Waals surface area contributed by atoms with Crippen LogP contribution in [0.4, 0.5) is 0 Å². The predicted molar refractivity (Wildman–Crippen MR) is 70.0 cm³/mol. The van der Waals surface area contributed by atoms with Crippen LogP contribution in [0.15, 0.2) is 0 Å². The number of hydrogen-bond donors (Lipinski definition) is 2. The molecule has 0 saturated carbocycles. The molecule has 0 spiro atoms. The average molecular weight is 247 g/mol. The van der Waals surface area contributed by atoms with E-state index in [1.165, 1.54) is 12.8 Å². The van der Waals surface area contributed by atoms with Gasteiger partial charge in [0.15, 0.2) is 0 Å². The maximum atomic E-state index is 9.52. The van der Waals surface area contributed by atoms with E-state index in [4.69, 9.17) is 4.74 Å². The van der Waals surface area contributed by atoms with Crippen molar-refractivity contribution in [3.8, 4) is 0 Å². The van der Waals surface area contributed by atoms with Crippen molar-refractivity contribution in [2.45, 2.75) is 32.3 Å². The Balaban J connectivity index is 1.87. The van der Waals surface area contributed by atoms with E-state index >= 15 is 0 Å². The smallest absolute Gasteiger partial charge is 0.0681 e. The molecule has 16 heavy (non-hydrogen) atoms. The van der Waals surface area contributed by atoms with E-state index < -0.39 is 5.60 Å². The number of thioether (sulfide) groups is 1. The van der Waals surface area contributed by atoms with E-state index in [0.29, 0.717) is 0 Å². The van der Waals surface area contributed by atoms with Gasteiger partial charge in [-0.25, -0.2) is 0 Å². The second-order valence-electron chi connectivity index (χ2n) is 5.12. The molecule has 1 aliphatic rings. The minimum atomic E-state index is -0.536. The van der Waals surface area contributed by atoms with Gasteiger partial charge in [-0.3, -0.25) is 0 Å². The molecule has 1 heterocycles. The standard InChI is InChI=1S/C12H25NO2S/c1-12(2,14)10-16-8-5-13-9-11-3-6-15-7-4-11/h11,13-14H,3-10H2,1-2H3. The van der Waals surface area contributed by atoms with Gasteiger partial charge in [0.1, 0.15) is 0 Å². The molecule has 0 unspecified atom stereocenters. The molecule has 1 rings (SSSR count). The first kappa shape index (κ1) is 14.3. The lowest BCUT2D eigenvalue weighted by molar-refractivity contribution is 0.0665. The van der Waals surface area contributed by atoms with Gasteiger partial charge in [0.05, 0.1) is 5.60 Å². The Hall–Kier alpha value is 0.230. The zero-order valence-corrected chi connectivity index (χ0v) is 11.3. The number of aliphatic hydroxyl groups is 1. The number of hydrogen-bond acceptors (Lipinski definition) is 4. The van der Waals surface area contributed by atoms with Gasteiger partial charge in [0, 0.05) is 31.3 Å². The summed E-state index contributed by atoms with van der Waals surface area (Å²) in [4.78, 5) is 0. The largest absolute Gasteiger partial charge is 0.390 e. The summed E-state index contributed by atoms with van der Waals surface area (Å²) in [5.41, 5.74) is -0.536. The average Bonchev–Trinajstić information content (AvgIpc) is 2.23. The van der Waals surface area contributed by atoms with Crippen LogP contribution in [0.25, 0.3) is 0 Å². The number of nitrogens with one attached hydrogen (secondary N) is 1. The normalized spacial score (nSPS) is 18.9. The summed E-state index contributed by atoms with van der Waals surface area (Å²) in [6, 6.07) is 0. The monoisotopic (exact) mass is 247 g/mol. The van der Waals surface area contributed by atoms with E-state index in [1.54, 1.807) is 0 Å². The lowest BCUT2D eigenvalue weighted by Crippen LogP contribution is -2.29. The van der Waals surface area contributed by atoms with Crippen LogP contribution in [0.2, 0.25) is 0 Å². The molecule has 0 atom stereocenters. The molecule has 0 bridgehead atoms. The first-order chi connectivity index (χ1) is 7.58. The molecule has 2 N–H and O–H groups in total. The molecule has 1 fully saturated rings. The first-order valence-electron chi connectivity index (χ1n) is 6.16. The van der Waals surface area contributed by atoms with E-state index in [2.05, 4.69) is 5.32 Å². The van der Waals surface area contributed by atoms with Crippen LogP contribution in [0.3, 0.4) is 0 Å². The highest BCUT2D eigenvalue weighted by atomic mass is 32.2. The Kier molecular flexibility index (Phi) is 6.73. The maximum absolute atomic E-state index is 9.52. The summed E-state index contributed by atoms with van der Waals surface area (Å²) in [6.45, 7) is 7.73. The molecule has 96 valence electrons. The third-order valence-corrected chi connectivity index (χ3v) is 4.06. The zero-order chi connectivity index (χ0) is 11.9. The Morgan fingerprint density at radius 3 is 2.69 bits per heavy atom. The molecule has 1 saturated heterocycles. The highest BCUT2D eigenvalue weighted by Gasteiger charge is 2.13. The van der Waals surface area contributed by atoms with E-state index in [0.717, 1.165) is 43.7 Å².